The molecule has 0 nitrogen and oxygen atoms in total. The minimum atomic E-state index is 0.654. The second-order valence-corrected chi connectivity index (χ2v) is 6.51. The van der Waals surface area contributed by atoms with Crippen molar-refractivity contribution in [1.82, 2.24) is 0 Å². The topological polar surface area (TPSA) is 0 Å². The SMILES string of the molecule is CC(CCl)SCC1CC2CCC1C2. The highest BCUT2D eigenvalue weighted by atomic mass is 35.5. The van der Waals surface area contributed by atoms with Crippen molar-refractivity contribution < 1.29 is 0 Å². The molecule has 0 saturated heterocycles. The van der Waals surface area contributed by atoms with Crippen LogP contribution in [0.15, 0.2) is 0 Å². The first kappa shape index (κ1) is 10.2. The molecule has 13 heavy (non-hydrogen) atoms. The highest BCUT2D eigenvalue weighted by molar-refractivity contribution is 7.99. The zero-order chi connectivity index (χ0) is 9.26. The predicted molar refractivity (Wildman–Crippen MR) is 61.6 cm³/mol. The Morgan fingerprint density at radius 1 is 1.38 bits per heavy atom. The lowest BCUT2D eigenvalue weighted by atomic mass is 9.90. The number of alkyl halides is 1. The van der Waals surface area contributed by atoms with Crippen LogP contribution in [0.4, 0.5) is 0 Å². The second kappa shape index (κ2) is 4.44. The van der Waals surface area contributed by atoms with Crippen molar-refractivity contribution in [2.45, 2.75) is 37.9 Å². The second-order valence-electron chi connectivity index (χ2n) is 4.73. The average molecular weight is 219 g/mol. The number of hydrogen-bond donors (Lipinski definition) is 0. The molecule has 0 spiro atoms. The Morgan fingerprint density at radius 3 is 2.77 bits per heavy atom. The van der Waals surface area contributed by atoms with Crippen LogP contribution in [-0.4, -0.2) is 16.9 Å². The van der Waals surface area contributed by atoms with Crippen LogP contribution < -0.4 is 0 Å². The number of halogens is 1. The van der Waals surface area contributed by atoms with E-state index in [0.29, 0.717) is 5.25 Å². The van der Waals surface area contributed by atoms with E-state index < -0.39 is 0 Å². The maximum Gasteiger partial charge on any atom is 0.0339 e. The van der Waals surface area contributed by atoms with Crippen LogP contribution in [0.1, 0.15) is 32.6 Å². The molecule has 0 aromatic rings. The van der Waals surface area contributed by atoms with Gasteiger partial charge in [-0.05, 0) is 42.8 Å². The molecule has 0 N–H and O–H groups in total. The molecule has 0 amide bonds. The van der Waals surface area contributed by atoms with E-state index in [1.54, 1.807) is 6.42 Å². The fourth-order valence-corrected chi connectivity index (χ4v) is 4.25. The van der Waals surface area contributed by atoms with Crippen molar-refractivity contribution in [3.05, 3.63) is 0 Å². The van der Waals surface area contributed by atoms with Gasteiger partial charge in [-0.3, -0.25) is 0 Å². The number of fused-ring (bicyclic) bond motifs is 2. The van der Waals surface area contributed by atoms with E-state index >= 15 is 0 Å². The molecule has 2 saturated carbocycles. The van der Waals surface area contributed by atoms with Gasteiger partial charge in [0, 0.05) is 11.1 Å². The van der Waals surface area contributed by atoms with Gasteiger partial charge in [-0.25, -0.2) is 0 Å². The largest absolute Gasteiger partial charge is 0.157 e. The summed E-state index contributed by atoms with van der Waals surface area (Å²) in [7, 11) is 0. The molecule has 0 radical (unpaired) electrons. The zero-order valence-electron chi connectivity index (χ0n) is 8.34. The monoisotopic (exact) mass is 218 g/mol. The summed E-state index contributed by atoms with van der Waals surface area (Å²) in [5.74, 6) is 5.40. The van der Waals surface area contributed by atoms with Crippen molar-refractivity contribution in [2.75, 3.05) is 11.6 Å². The summed E-state index contributed by atoms with van der Waals surface area (Å²) in [5, 5.41) is 0.654. The van der Waals surface area contributed by atoms with Gasteiger partial charge in [0.25, 0.3) is 0 Å². The standard InChI is InChI=1S/C11H19ClS/c1-8(6-12)13-7-11-5-9-2-3-10(11)4-9/h8-11H,2-7H2,1H3. The van der Waals surface area contributed by atoms with E-state index in [1.165, 1.54) is 25.0 Å². The summed E-state index contributed by atoms with van der Waals surface area (Å²) < 4.78 is 0. The molecule has 0 heterocycles. The average Bonchev–Trinajstić information content (AvgIpc) is 2.74. The summed E-state index contributed by atoms with van der Waals surface area (Å²) in [5.41, 5.74) is 0. The van der Waals surface area contributed by atoms with Crippen molar-refractivity contribution in [3.8, 4) is 0 Å². The Kier molecular flexibility index (Phi) is 3.47. The van der Waals surface area contributed by atoms with E-state index in [1.807, 2.05) is 0 Å². The molecule has 2 bridgehead atoms. The van der Waals surface area contributed by atoms with E-state index in [0.717, 1.165) is 23.6 Å². The fourth-order valence-electron chi connectivity index (χ4n) is 2.91. The molecule has 0 aliphatic heterocycles. The number of rotatable bonds is 4. The van der Waals surface area contributed by atoms with Crippen molar-refractivity contribution in [2.24, 2.45) is 17.8 Å². The van der Waals surface area contributed by atoms with Crippen LogP contribution in [-0.2, 0) is 0 Å². The quantitative estimate of drug-likeness (QED) is 0.648. The van der Waals surface area contributed by atoms with E-state index in [-0.39, 0.29) is 0 Å². The Balaban J connectivity index is 1.71. The maximum absolute atomic E-state index is 5.80. The van der Waals surface area contributed by atoms with E-state index in [4.69, 9.17) is 11.6 Å². The lowest BCUT2D eigenvalue weighted by Gasteiger charge is -2.22. The number of thioether (sulfide) groups is 1. The third kappa shape index (κ3) is 2.36. The summed E-state index contributed by atoms with van der Waals surface area (Å²) in [4.78, 5) is 0. The Morgan fingerprint density at radius 2 is 2.23 bits per heavy atom. The molecule has 2 aliphatic carbocycles. The minimum absolute atomic E-state index is 0.654. The van der Waals surface area contributed by atoms with Crippen LogP contribution in [0.3, 0.4) is 0 Å². The van der Waals surface area contributed by atoms with Crippen LogP contribution in [0.2, 0.25) is 0 Å². The summed E-state index contributed by atoms with van der Waals surface area (Å²) in [6.45, 7) is 2.24. The van der Waals surface area contributed by atoms with Gasteiger partial charge in [-0.2, -0.15) is 11.8 Å². The van der Waals surface area contributed by atoms with E-state index in [2.05, 4.69) is 18.7 Å². The van der Waals surface area contributed by atoms with Crippen LogP contribution >= 0.6 is 23.4 Å². The molecule has 4 atom stereocenters. The van der Waals surface area contributed by atoms with E-state index in [9.17, 15) is 0 Å². The lowest BCUT2D eigenvalue weighted by molar-refractivity contribution is 0.365. The molecule has 76 valence electrons. The fraction of sp³-hybridized carbons (Fsp3) is 1.00. The van der Waals surface area contributed by atoms with Crippen LogP contribution in [0.5, 0.6) is 0 Å². The van der Waals surface area contributed by atoms with Gasteiger partial charge >= 0.3 is 0 Å². The molecule has 2 heteroatoms. The Labute approximate surface area is 90.8 Å². The normalized spacial score (nSPS) is 39.7. The van der Waals surface area contributed by atoms with Gasteiger partial charge in [0.2, 0.25) is 0 Å². The Hall–Kier alpha value is 0.640. The van der Waals surface area contributed by atoms with Crippen molar-refractivity contribution in [1.29, 1.82) is 0 Å². The molecule has 0 aromatic heterocycles. The first-order chi connectivity index (χ1) is 6.29. The summed E-state index contributed by atoms with van der Waals surface area (Å²) in [6.07, 6.45) is 6.11. The number of hydrogen-bond acceptors (Lipinski definition) is 1. The Bertz CT molecular complexity index is 171. The van der Waals surface area contributed by atoms with Gasteiger partial charge in [0.15, 0.2) is 0 Å². The predicted octanol–water partition coefficient (Wildman–Crippen LogP) is 3.78. The first-order valence-corrected chi connectivity index (χ1v) is 7.05. The third-order valence-electron chi connectivity index (χ3n) is 3.70. The third-order valence-corrected chi connectivity index (χ3v) is 5.70. The van der Waals surface area contributed by atoms with Crippen molar-refractivity contribution >= 4 is 23.4 Å². The summed E-state index contributed by atoms with van der Waals surface area (Å²) in [6, 6.07) is 0. The zero-order valence-corrected chi connectivity index (χ0v) is 9.91. The van der Waals surface area contributed by atoms with Crippen LogP contribution in [0.25, 0.3) is 0 Å². The minimum Gasteiger partial charge on any atom is -0.157 e. The highest BCUT2D eigenvalue weighted by Crippen LogP contribution is 2.49. The molecular formula is C11H19ClS. The van der Waals surface area contributed by atoms with Crippen LogP contribution in [0, 0.1) is 17.8 Å². The summed E-state index contributed by atoms with van der Waals surface area (Å²) >= 11 is 7.88. The molecule has 2 rings (SSSR count). The van der Waals surface area contributed by atoms with Crippen molar-refractivity contribution in [3.63, 3.8) is 0 Å². The molecule has 4 unspecified atom stereocenters. The first-order valence-electron chi connectivity index (χ1n) is 5.47. The highest BCUT2D eigenvalue weighted by Gasteiger charge is 2.39. The van der Waals surface area contributed by atoms with Gasteiger partial charge in [-0.1, -0.05) is 13.3 Å². The molecule has 2 aliphatic rings. The molecular weight excluding hydrogens is 200 g/mol. The van der Waals surface area contributed by atoms with Gasteiger partial charge in [0.1, 0.15) is 0 Å². The molecule has 2 fully saturated rings. The van der Waals surface area contributed by atoms with Gasteiger partial charge in [-0.15, -0.1) is 11.6 Å². The smallest absolute Gasteiger partial charge is 0.0339 e. The maximum atomic E-state index is 5.80. The van der Waals surface area contributed by atoms with Gasteiger partial charge in [0.05, 0.1) is 0 Å². The molecule has 0 aromatic carbocycles. The van der Waals surface area contributed by atoms with Gasteiger partial charge < -0.3 is 0 Å². The lowest BCUT2D eigenvalue weighted by Crippen LogP contribution is -2.14.